The van der Waals surface area contributed by atoms with Gasteiger partial charge in [-0.2, -0.15) is 0 Å². The molecule has 0 spiro atoms. The van der Waals surface area contributed by atoms with Crippen molar-refractivity contribution in [2.45, 2.75) is 0 Å². The third kappa shape index (κ3) is 15.0. The first kappa shape index (κ1) is 86.1. The summed E-state index contributed by atoms with van der Waals surface area (Å²) < 4.78 is 18.8. The molecular weight excluding hydrogens is 2400 g/mol. The minimum absolute atomic E-state index is 0. The fourth-order valence-corrected chi connectivity index (χ4v) is 20.2. The van der Waals surface area contributed by atoms with Crippen molar-refractivity contribution in [2.24, 2.45) is 0 Å². The summed E-state index contributed by atoms with van der Waals surface area (Å²) in [6.45, 7) is 0. The molecule has 516 valence electrons. The summed E-state index contributed by atoms with van der Waals surface area (Å²) in [5, 5.41) is 71.7. The number of benzene rings is 9. The van der Waals surface area contributed by atoms with Gasteiger partial charge >= 0.3 is 0 Å². The smallest absolute Gasteiger partial charge is 0.210 e. The molecule has 12 rings (SSSR count). The van der Waals surface area contributed by atoms with Gasteiger partial charge in [-0.3, -0.25) is 14.4 Å². The normalized spacial score (nSPS) is 11.3. The first-order chi connectivity index (χ1) is 46.1. The molecule has 0 amide bonds. The monoisotopic (exact) mass is 2390 g/mol. The number of hydrogen-bond donors (Lipinski definition) is 0. The van der Waals surface area contributed by atoms with E-state index in [0.717, 1.165) is 0 Å². The molecule has 41 heteroatoms. The van der Waals surface area contributed by atoms with Crippen molar-refractivity contribution < 1.29 is 58.3 Å². The lowest BCUT2D eigenvalue weighted by atomic mass is 9.90. The number of carboxylic acid groups (broad SMARTS) is 3. The minimum Gasteiger partial charge on any atom is -0.871 e. The molecule has 0 unspecified atom stereocenters. The van der Waals surface area contributed by atoms with E-state index >= 15 is 0 Å². The number of halogens is 24. The maximum Gasteiger partial charge on any atom is 0.210 e. The molecular formula is C60H6Al2Br12Cl12O15-6. The quantitative estimate of drug-likeness (QED) is 0.0647. The molecule has 0 bridgehead atoms. The van der Waals surface area contributed by atoms with Crippen LogP contribution in [0.5, 0.6) is 17.2 Å². The molecule has 6 aliphatic rings. The van der Waals surface area contributed by atoms with Gasteiger partial charge < -0.3 is 58.3 Å². The van der Waals surface area contributed by atoms with Gasteiger partial charge in [-0.15, -0.1) is 0 Å². The van der Waals surface area contributed by atoms with E-state index in [9.17, 15) is 59.4 Å². The van der Waals surface area contributed by atoms with Crippen LogP contribution in [-0.2, 0) is 0 Å². The maximum atomic E-state index is 12.5. The van der Waals surface area contributed by atoms with Crippen LogP contribution >= 0.6 is 330 Å². The summed E-state index contributed by atoms with van der Waals surface area (Å²) in [4.78, 5) is 74.1. The topological polar surface area (TPSA) is 280 Å². The van der Waals surface area contributed by atoms with Gasteiger partial charge in [-0.05, 0) is 180 Å². The van der Waals surface area contributed by atoms with Crippen LogP contribution in [0.15, 0.2) is 118 Å². The van der Waals surface area contributed by atoms with E-state index in [4.69, 9.17) is 152 Å². The summed E-state index contributed by atoms with van der Waals surface area (Å²) >= 11 is 114. The Kier molecular flexibility index (Phi) is 28.3. The van der Waals surface area contributed by atoms with E-state index in [1.54, 1.807) is 0 Å². The highest BCUT2D eigenvalue weighted by molar-refractivity contribution is 9.12. The molecule has 0 saturated heterocycles. The van der Waals surface area contributed by atoms with E-state index in [1.165, 1.54) is 36.4 Å². The average molecular weight is 2400 g/mol. The summed E-state index contributed by atoms with van der Waals surface area (Å²) in [5.74, 6) is -6.26. The van der Waals surface area contributed by atoms with Crippen LogP contribution in [0.2, 0.25) is 60.3 Å². The largest absolute Gasteiger partial charge is 0.871 e. The van der Waals surface area contributed by atoms with E-state index in [1.807, 2.05) is 0 Å². The SMILES string of the molecule is O=C([O-])c1c(Cl)c(Cl)c(Cl)c(Cl)c1-c1c2cc(Br)c(=O)c(Br)c-2oc2c(Br)c([O-])c(Br)cc12.O=C([O-])c1c(Cl)c(Cl)c(Cl)c(Cl)c1-c1c2cc(Br)c(=O)c(Br)c-2oc2c(Br)c([O-])c(Br)cc12.O=C([O-])c1c(Cl)c(Cl)c(Cl)c(Cl)c1-c1c2cc(Br)c(=O)c(Br)c-2oc2c(Br)c([O-])c(Br)cc12.[Al].[Al]. The molecule has 0 saturated carbocycles. The molecule has 0 aromatic heterocycles. The van der Waals surface area contributed by atoms with Crippen molar-refractivity contribution in [1.82, 2.24) is 0 Å². The van der Waals surface area contributed by atoms with Crippen molar-refractivity contribution in [3.05, 3.63) is 198 Å². The van der Waals surface area contributed by atoms with Gasteiger partial charge in [0.2, 0.25) is 16.3 Å². The Balaban J connectivity index is 0.000000191. The zero-order valence-corrected chi connectivity index (χ0v) is 77.2. The standard InChI is InChI=1S/3C20H4Br4Cl4O5.2Al/c3*21-5-1-3-7(8-9(20(31)32)13(26)15(28)14(27)12(8)25)4-2-6(22)17(30)11(24)19(4)33-18(3)10(23)16(5)29;;/h3*1-2,29H,(H,31,32);;/p-6. The van der Waals surface area contributed by atoms with Gasteiger partial charge in [-0.1, -0.05) is 204 Å². The maximum absolute atomic E-state index is 12.5. The molecule has 6 radical (unpaired) electrons. The Morgan fingerprint density at radius 3 is 0.683 bits per heavy atom. The fourth-order valence-electron chi connectivity index (χ4n) is 9.94. The Morgan fingerprint density at radius 1 is 0.287 bits per heavy atom. The second-order valence-corrected chi connectivity index (χ2v) is 34.0. The van der Waals surface area contributed by atoms with Gasteiger partial charge in [0.15, 0.2) is 17.3 Å². The van der Waals surface area contributed by atoms with Gasteiger partial charge in [0.25, 0.3) is 0 Å². The molecule has 6 aromatic rings. The second kappa shape index (κ2) is 33.2. The highest BCUT2D eigenvalue weighted by Crippen LogP contribution is 2.58. The molecule has 3 aliphatic carbocycles. The molecule has 0 N–H and O–H groups in total. The van der Waals surface area contributed by atoms with Crippen LogP contribution in [-0.4, -0.2) is 52.6 Å². The molecule has 0 atom stereocenters. The van der Waals surface area contributed by atoms with Crippen molar-refractivity contribution >= 4 is 416 Å². The number of rotatable bonds is 6. The number of carbonyl (C=O) groups excluding carboxylic acids is 3. The fraction of sp³-hybridized carbons (Fsp3) is 0. The average Bonchev–Trinajstić information content (AvgIpc) is 0.731. The van der Waals surface area contributed by atoms with Crippen LogP contribution in [0.3, 0.4) is 0 Å². The summed E-state index contributed by atoms with van der Waals surface area (Å²) in [6, 6.07) is 8.58. The van der Waals surface area contributed by atoms with E-state index in [0.29, 0.717) is 0 Å². The van der Waals surface area contributed by atoms with Crippen LogP contribution in [0.25, 0.3) is 100 Å². The third-order valence-corrected chi connectivity index (χ3v) is 27.4. The number of fused-ring (bicyclic) bond motifs is 6. The molecule has 0 fully saturated rings. The van der Waals surface area contributed by atoms with Gasteiger partial charge in [-0.25, -0.2) is 0 Å². The zero-order valence-electron chi connectivity index (χ0n) is 46.8. The van der Waals surface area contributed by atoms with Crippen molar-refractivity contribution in [2.75, 3.05) is 0 Å². The van der Waals surface area contributed by atoms with E-state index in [2.05, 4.69) is 191 Å². The van der Waals surface area contributed by atoms with Crippen molar-refractivity contribution in [3.8, 4) is 84.6 Å². The van der Waals surface area contributed by atoms with Crippen LogP contribution in [0.1, 0.15) is 31.1 Å². The van der Waals surface area contributed by atoms with Crippen molar-refractivity contribution in [1.29, 1.82) is 0 Å². The minimum atomic E-state index is -1.67. The van der Waals surface area contributed by atoms with Gasteiger partial charge in [0.05, 0.1) is 105 Å². The zero-order chi connectivity index (χ0) is 73.5. The molecule has 3 heterocycles. The van der Waals surface area contributed by atoms with Crippen molar-refractivity contribution in [3.63, 3.8) is 0 Å². The summed E-state index contributed by atoms with van der Waals surface area (Å²) in [6.07, 6.45) is 0. The Morgan fingerprint density at radius 2 is 0.485 bits per heavy atom. The molecule has 15 nitrogen and oxygen atoms in total. The molecule has 6 aromatic carbocycles. The summed E-state index contributed by atoms with van der Waals surface area (Å²) in [7, 11) is 0. The highest BCUT2D eigenvalue weighted by Gasteiger charge is 2.35. The third-order valence-electron chi connectivity index (χ3n) is 14.2. The Hall–Kier alpha value is -0.495. The number of aromatic carboxylic acids is 3. The first-order valence-corrected chi connectivity index (χ1v) is 39.2. The molecule has 101 heavy (non-hydrogen) atoms. The number of hydrogen-bond acceptors (Lipinski definition) is 15. The van der Waals surface area contributed by atoms with Crippen LogP contribution < -0.4 is 46.9 Å². The molecule has 3 aliphatic heterocycles. The Labute approximate surface area is 745 Å². The van der Waals surface area contributed by atoms with E-state index < -0.39 is 68.1 Å². The van der Waals surface area contributed by atoms with Gasteiger partial charge in [0.1, 0.15) is 30.2 Å². The highest BCUT2D eigenvalue weighted by atomic mass is 79.9. The van der Waals surface area contributed by atoms with Crippen LogP contribution in [0.4, 0.5) is 0 Å². The van der Waals surface area contributed by atoms with Crippen LogP contribution in [0, 0.1) is 0 Å². The predicted molar refractivity (Wildman–Crippen MR) is 429 cm³/mol. The predicted octanol–water partition coefficient (Wildman–Crippen LogP) is 22.2. The first-order valence-electron chi connectivity index (χ1n) is 25.2. The lowest BCUT2D eigenvalue weighted by molar-refractivity contribution is -0.271. The number of carbonyl (C=O) groups is 3. The van der Waals surface area contributed by atoms with E-state index in [-0.39, 0.29) is 249 Å². The second-order valence-electron chi connectivity index (χ2n) is 19.6. The lowest BCUT2D eigenvalue weighted by Gasteiger charge is -2.24. The van der Waals surface area contributed by atoms with Gasteiger partial charge in [0, 0.05) is 131 Å². The lowest BCUT2D eigenvalue weighted by Crippen LogP contribution is -2.24. The summed E-state index contributed by atoms with van der Waals surface area (Å²) in [5.41, 5.74) is -1.93. The number of carboxylic acids is 3. The Bertz CT molecular complexity index is 5270.